The van der Waals surface area contributed by atoms with Crippen LogP contribution in [0.25, 0.3) is 0 Å². The average Bonchev–Trinajstić information content (AvgIpc) is 2.94. The van der Waals surface area contributed by atoms with Crippen LogP contribution in [0.2, 0.25) is 0 Å². The van der Waals surface area contributed by atoms with Crippen molar-refractivity contribution in [2.75, 3.05) is 5.08 Å². The van der Waals surface area contributed by atoms with Crippen LogP contribution in [-0.2, 0) is 44.4 Å². The summed E-state index contributed by atoms with van der Waals surface area (Å²) in [7, 11) is -28.0. The maximum atomic E-state index is 14.4. The number of alkyl halides is 16. The van der Waals surface area contributed by atoms with E-state index in [1.165, 1.54) is 4.74 Å². The van der Waals surface area contributed by atoms with Crippen LogP contribution in [-0.4, -0.2) is 89.7 Å². The molecule has 10 nitrogen and oxygen atoms in total. The van der Waals surface area contributed by atoms with Gasteiger partial charge in [0.1, 0.15) is 21.4 Å². The molecule has 32 heteroatoms. The molecule has 0 heterocycles. The molecule has 2 aromatic rings. The van der Waals surface area contributed by atoms with Crippen molar-refractivity contribution in [3.8, 4) is 0 Å². The van der Waals surface area contributed by atoms with E-state index in [1.807, 2.05) is 0 Å². The summed E-state index contributed by atoms with van der Waals surface area (Å²) in [6.45, 7) is 0. The molecule has 0 saturated carbocycles. The molecule has 0 saturated heterocycles. The minimum absolute atomic E-state index is 0.0155. The number of sulfone groups is 3. The van der Waals surface area contributed by atoms with Crippen molar-refractivity contribution in [3.63, 3.8) is 0 Å². The van der Waals surface area contributed by atoms with Crippen LogP contribution in [0.4, 0.5) is 79.0 Å². The quantitative estimate of drug-likeness (QED) is 0.132. The Bertz CT molecular complexity index is 2210. The van der Waals surface area contributed by atoms with Crippen LogP contribution in [0.5, 0.6) is 0 Å². The van der Waals surface area contributed by atoms with E-state index in [2.05, 4.69) is 0 Å². The Labute approximate surface area is 281 Å². The van der Waals surface area contributed by atoms with Gasteiger partial charge in [0, 0.05) is 6.07 Å². The first-order valence-corrected chi connectivity index (χ1v) is 18.2. The summed E-state index contributed by atoms with van der Waals surface area (Å²) in [5.41, 5.74) is 0. The first-order chi connectivity index (χ1) is 23.1. The van der Waals surface area contributed by atoms with E-state index >= 15 is 0 Å². The lowest BCUT2D eigenvalue weighted by atomic mass is 9.97. The van der Waals surface area contributed by atoms with Gasteiger partial charge in [-0.05, 0) is 24.3 Å². The van der Waals surface area contributed by atoms with Gasteiger partial charge < -0.3 is 0 Å². The van der Waals surface area contributed by atoms with Crippen LogP contribution in [0.15, 0.2) is 57.2 Å². The molecule has 0 atom stereocenters. The van der Waals surface area contributed by atoms with E-state index < -0.39 is 130 Å². The van der Waals surface area contributed by atoms with Crippen LogP contribution < -0.4 is 0 Å². The van der Waals surface area contributed by atoms with Gasteiger partial charge >= 0.3 is 46.4 Å². The Kier molecular flexibility index (Phi) is 11.3. The fourth-order valence-corrected chi connectivity index (χ4v) is 9.86. The number of ether oxygens (including phenoxy) is 1. The molecular weight excluding hydrogens is 882 g/mol. The maximum Gasteiger partial charge on any atom is 0.439 e. The fraction of sp³-hybridized carbons (Fsp3) is 0.429. The van der Waals surface area contributed by atoms with Crippen molar-refractivity contribution in [1.29, 1.82) is 0 Å². The SMILES string of the molecule is O=S(=O)(O)c1ccccc1S(=O)(=O)CS(=O)(=O)C(F)(F)C(F)(F)OC(F)(F)C(F)(F)C(F)(F)C(F)(F)C(F)(F)C(F)(F)S(=O)(=O)c1ccc(F)cc1F. The third-order valence-electron chi connectivity index (χ3n) is 6.19. The summed E-state index contributed by atoms with van der Waals surface area (Å²) < 4.78 is 359. The second-order valence-electron chi connectivity index (χ2n) is 9.81. The van der Waals surface area contributed by atoms with E-state index in [9.17, 15) is 113 Å². The van der Waals surface area contributed by atoms with Gasteiger partial charge in [-0.25, -0.2) is 38.8 Å². The van der Waals surface area contributed by atoms with Gasteiger partial charge in [0.15, 0.2) is 14.9 Å². The van der Waals surface area contributed by atoms with E-state index in [4.69, 9.17) is 4.55 Å². The molecule has 1 N–H and O–H groups in total. The van der Waals surface area contributed by atoms with Crippen molar-refractivity contribution in [2.45, 2.75) is 61.1 Å². The number of hydrogen-bond acceptors (Lipinski definition) is 9. The molecule has 0 bridgehead atoms. The predicted molar refractivity (Wildman–Crippen MR) is 131 cm³/mol. The first-order valence-electron chi connectivity index (χ1n) is 12.0. The van der Waals surface area contributed by atoms with Crippen molar-refractivity contribution in [3.05, 3.63) is 54.1 Å². The summed E-state index contributed by atoms with van der Waals surface area (Å²) in [4.78, 5) is -6.84. The number of benzene rings is 2. The number of hydrogen-bond donors (Lipinski definition) is 1. The Morgan fingerprint density at radius 3 is 1.40 bits per heavy atom. The Morgan fingerprint density at radius 2 is 0.962 bits per heavy atom. The zero-order valence-electron chi connectivity index (χ0n) is 23.8. The largest absolute Gasteiger partial charge is 0.439 e. The standard InChI is InChI=1S/C21H10F18O10S4/c22-9-5-6-11(10(23)7-9)52(44,45)20(36,37)17(30,31)15(26,27)14(24,25)16(28,29)18(32,33)49-19(34,35)21(38,39)51(42,43)8-50(40,41)12-3-1-2-4-13(12)53(46,47)48/h1-7H,8H2,(H,46,47,48). The molecule has 53 heavy (non-hydrogen) atoms. The zero-order valence-corrected chi connectivity index (χ0v) is 27.1. The normalized spacial score (nSPS) is 15.5. The monoisotopic (exact) mass is 892 g/mol. The average molecular weight is 893 g/mol. The molecule has 0 aromatic heterocycles. The highest BCUT2D eigenvalue weighted by atomic mass is 32.3. The second-order valence-corrected chi connectivity index (χ2v) is 17.5. The van der Waals surface area contributed by atoms with Gasteiger partial charge in [0.25, 0.3) is 20.0 Å². The Hall–Kier alpha value is -3.10. The smallest absolute Gasteiger partial charge is 0.282 e. The van der Waals surface area contributed by atoms with E-state index in [-0.39, 0.29) is 18.2 Å². The van der Waals surface area contributed by atoms with Crippen molar-refractivity contribution in [1.82, 2.24) is 0 Å². The molecule has 0 spiro atoms. The van der Waals surface area contributed by atoms with Crippen molar-refractivity contribution < 1.29 is 122 Å². The third kappa shape index (κ3) is 7.12. The van der Waals surface area contributed by atoms with Crippen LogP contribution >= 0.6 is 0 Å². The molecule has 304 valence electrons. The number of rotatable bonds is 15. The van der Waals surface area contributed by atoms with Crippen molar-refractivity contribution in [2.24, 2.45) is 0 Å². The fourth-order valence-electron chi connectivity index (χ4n) is 3.49. The van der Waals surface area contributed by atoms with E-state index in [0.717, 1.165) is 0 Å². The van der Waals surface area contributed by atoms with Gasteiger partial charge in [0.2, 0.25) is 9.84 Å². The van der Waals surface area contributed by atoms with Gasteiger partial charge in [-0.15, -0.1) is 0 Å². The lowest BCUT2D eigenvalue weighted by Gasteiger charge is -2.41. The van der Waals surface area contributed by atoms with Crippen molar-refractivity contribution >= 4 is 39.6 Å². The van der Waals surface area contributed by atoms with Gasteiger partial charge in [-0.2, -0.15) is 78.7 Å². The summed E-state index contributed by atoms with van der Waals surface area (Å²) in [6, 6.07) is -0.727. The Balaban J connectivity index is 2.63. The molecule has 0 aliphatic heterocycles. The topological polar surface area (TPSA) is 166 Å². The van der Waals surface area contributed by atoms with Crippen LogP contribution in [0, 0.1) is 11.6 Å². The molecule has 0 aliphatic carbocycles. The lowest BCUT2D eigenvalue weighted by molar-refractivity contribution is -0.497. The highest BCUT2D eigenvalue weighted by Crippen LogP contribution is 2.62. The Morgan fingerprint density at radius 1 is 0.528 bits per heavy atom. The molecule has 0 fully saturated rings. The predicted octanol–water partition coefficient (Wildman–Crippen LogP) is 5.76. The number of halogens is 18. The van der Waals surface area contributed by atoms with Gasteiger partial charge in [-0.3, -0.25) is 4.55 Å². The third-order valence-corrected chi connectivity index (χ3v) is 13.6. The van der Waals surface area contributed by atoms with E-state index in [1.54, 1.807) is 0 Å². The maximum absolute atomic E-state index is 14.4. The highest BCUT2D eigenvalue weighted by Gasteiger charge is 2.93. The lowest BCUT2D eigenvalue weighted by Crippen LogP contribution is -2.72. The second kappa shape index (κ2) is 13.0. The summed E-state index contributed by atoms with van der Waals surface area (Å²) in [5.74, 6) is -40.6. The van der Waals surface area contributed by atoms with Gasteiger partial charge in [0.05, 0.1) is 4.90 Å². The molecule has 2 rings (SSSR count). The molecule has 0 unspecified atom stereocenters. The molecule has 0 amide bonds. The summed E-state index contributed by atoms with van der Waals surface area (Å²) >= 11 is 0. The van der Waals surface area contributed by atoms with Gasteiger partial charge in [-0.1, -0.05) is 12.1 Å². The zero-order chi connectivity index (χ0) is 42.3. The molecule has 2 aromatic carbocycles. The summed E-state index contributed by atoms with van der Waals surface area (Å²) in [5, 5.41) is -19.4. The molecule has 0 aliphatic rings. The highest BCUT2D eigenvalue weighted by molar-refractivity contribution is 8.08. The minimum atomic E-state index is -9.10. The van der Waals surface area contributed by atoms with Crippen LogP contribution in [0.1, 0.15) is 0 Å². The molecule has 0 radical (unpaired) electrons. The van der Waals surface area contributed by atoms with E-state index in [0.29, 0.717) is 12.1 Å². The molecular formula is C21H10F18O10S4. The summed E-state index contributed by atoms with van der Waals surface area (Å²) in [6.07, 6.45) is -16.7. The first kappa shape index (κ1) is 46.1. The van der Waals surface area contributed by atoms with Crippen LogP contribution in [0.3, 0.4) is 0 Å². The minimum Gasteiger partial charge on any atom is -0.282 e.